The van der Waals surface area contributed by atoms with Crippen LogP contribution >= 0.6 is 0 Å². The van der Waals surface area contributed by atoms with E-state index in [1.54, 1.807) is 79.9 Å². The topological polar surface area (TPSA) is 0 Å². The molecule has 0 unspecified atom stereocenters. The molecule has 0 amide bonds. The van der Waals surface area contributed by atoms with Gasteiger partial charge in [-0.3, -0.25) is 0 Å². The van der Waals surface area contributed by atoms with Crippen molar-refractivity contribution in [3.8, 4) is 0 Å². The van der Waals surface area contributed by atoms with Crippen LogP contribution in [0.15, 0.2) is 0 Å². The molecule has 0 nitrogen and oxygen atoms in total. The first-order chi connectivity index (χ1) is 6.41. The van der Waals surface area contributed by atoms with Gasteiger partial charge in [-0.2, -0.15) is 0 Å². The van der Waals surface area contributed by atoms with E-state index >= 15 is 0 Å². The van der Waals surface area contributed by atoms with Crippen LogP contribution in [-0.4, -0.2) is 6.72 Å². The predicted molar refractivity (Wildman–Crippen MR) is 95.5 cm³/mol. The van der Waals surface area contributed by atoms with E-state index in [2.05, 4.69) is 6.72 Å². The van der Waals surface area contributed by atoms with Crippen LogP contribution in [0, 0.1) is 0 Å². The van der Waals surface area contributed by atoms with Gasteiger partial charge in [0.15, 0.2) is 0 Å². The van der Waals surface area contributed by atoms with Crippen molar-refractivity contribution in [2.45, 2.75) is 0 Å². The fraction of sp³-hybridized carbons (Fsp3) is 0. The number of rotatable bonds is 0. The summed E-state index contributed by atoms with van der Waals surface area (Å²) < 4.78 is 0. The minimum absolute atomic E-state index is 1.37. The van der Waals surface area contributed by atoms with Crippen molar-refractivity contribution in [3.63, 3.8) is 0 Å². The maximum absolute atomic E-state index is 4.71. The van der Waals surface area contributed by atoms with Crippen LogP contribution in [-0.2, 0) is 110 Å². The molecule has 0 saturated heterocycles. The standard InChI is InChI=1S/BHS12/c1-3-5-7-9-11-13-12-10-8-6-4-2/h1H. The first kappa shape index (κ1) is 15.7. The molecule has 0 aliphatic rings. The molecule has 0 aliphatic carbocycles. The zero-order valence-corrected chi connectivity index (χ0v) is 15.4. The molecule has 0 N–H and O–H groups in total. The van der Waals surface area contributed by atoms with Gasteiger partial charge in [-0.25, -0.2) is 0 Å². The zero-order chi connectivity index (χ0) is 9.78. The summed E-state index contributed by atoms with van der Waals surface area (Å²) in [6.07, 6.45) is 0. The Hall–Kier alpha value is 2.70. The van der Waals surface area contributed by atoms with E-state index in [0.717, 1.165) is 0 Å². The second kappa shape index (κ2) is 14.7. The zero-order valence-electron chi connectivity index (χ0n) is 5.61. The summed E-state index contributed by atoms with van der Waals surface area (Å²) in [5, 5.41) is 0. The van der Waals surface area contributed by atoms with Gasteiger partial charge in [-0.05, 0) is 0 Å². The molecular formula is HBS12. The average molecular weight is 397 g/mol. The normalized spacial score (nSPS) is 7.00. The molecule has 13 heavy (non-hydrogen) atoms. The second-order valence-corrected chi connectivity index (χ2v) is 19.4. The summed E-state index contributed by atoms with van der Waals surface area (Å²) in [4.78, 5) is 0. The monoisotopic (exact) mass is 396 g/mol. The molecule has 0 atom stereocenters. The van der Waals surface area contributed by atoms with Crippen LogP contribution in [0.2, 0.25) is 0 Å². The van der Waals surface area contributed by atoms with Crippen molar-refractivity contribution in [1.29, 1.82) is 0 Å². The van der Waals surface area contributed by atoms with E-state index in [1.807, 2.05) is 0 Å². The van der Waals surface area contributed by atoms with Crippen LogP contribution in [0.25, 0.3) is 0 Å². The number of hydrogen-bond donors (Lipinski definition) is 0. The molecule has 0 rings (SSSR count). The van der Waals surface area contributed by atoms with Gasteiger partial charge in [-0.15, -0.1) is 0 Å². The van der Waals surface area contributed by atoms with Gasteiger partial charge < -0.3 is 0 Å². The van der Waals surface area contributed by atoms with E-state index in [4.69, 9.17) is 11.2 Å². The van der Waals surface area contributed by atoms with Crippen LogP contribution < -0.4 is 0 Å². The Balaban J connectivity index is 5.52. The van der Waals surface area contributed by atoms with Gasteiger partial charge in [0, 0.05) is 0 Å². The Morgan fingerprint density at radius 2 is 1.00 bits per heavy atom. The van der Waals surface area contributed by atoms with Crippen LogP contribution in [0.3, 0.4) is 0 Å². The third kappa shape index (κ3) is 14.7. The predicted octanol–water partition coefficient (Wildman–Crippen LogP) is -0.677. The Morgan fingerprint density at radius 1 is 0.615 bits per heavy atom. The average Bonchev–Trinajstić information content (AvgIpc) is 2.16. The molecule has 0 heterocycles. The van der Waals surface area contributed by atoms with E-state index in [-0.39, 0.29) is 0 Å². The SMILES string of the molecule is B=S=S=S=S=S=S=S=S=S=S=S=S. The van der Waals surface area contributed by atoms with Crippen molar-refractivity contribution in [2.75, 3.05) is 0 Å². The van der Waals surface area contributed by atoms with Gasteiger partial charge in [0.05, 0.1) is 0 Å². The molecule has 0 radical (unpaired) electrons. The van der Waals surface area contributed by atoms with Crippen molar-refractivity contribution >= 4 is 116 Å². The fourth-order valence-electron chi connectivity index (χ4n) is 0.110. The molecule has 0 spiro atoms. The molecule has 0 aliphatic heterocycles. The van der Waals surface area contributed by atoms with E-state index < -0.39 is 0 Å². The van der Waals surface area contributed by atoms with Crippen molar-refractivity contribution in [2.24, 2.45) is 0 Å². The van der Waals surface area contributed by atoms with Gasteiger partial charge in [-0.1, -0.05) is 0 Å². The molecule has 0 aromatic carbocycles. The fourth-order valence-corrected chi connectivity index (χ4v) is 23.6. The molecule has 13 heteroatoms. The van der Waals surface area contributed by atoms with E-state index in [9.17, 15) is 0 Å². The van der Waals surface area contributed by atoms with E-state index in [1.165, 1.54) is 18.6 Å². The van der Waals surface area contributed by atoms with Crippen LogP contribution in [0.5, 0.6) is 0 Å². The third-order valence-corrected chi connectivity index (χ3v) is 21.5. The van der Waals surface area contributed by atoms with Crippen molar-refractivity contribution < 1.29 is 0 Å². The Labute approximate surface area is 114 Å². The van der Waals surface area contributed by atoms with Gasteiger partial charge in [0.2, 0.25) is 0 Å². The maximum atomic E-state index is 4.71. The molecule has 0 fully saturated rings. The summed E-state index contributed by atoms with van der Waals surface area (Å²) in [6.45, 7) is 3.66. The number of hydrogen-bond acceptors (Lipinski definition) is 1. The summed E-state index contributed by atoms with van der Waals surface area (Å²) in [6, 6.07) is 0. The summed E-state index contributed by atoms with van der Waals surface area (Å²) >= 11 is 4.71. The van der Waals surface area contributed by atoms with E-state index in [0.29, 0.717) is 0 Å². The molecule has 76 valence electrons. The summed E-state index contributed by atoms with van der Waals surface area (Å²) in [7, 11) is 18.5. The molecule has 0 saturated carbocycles. The first-order valence-corrected chi connectivity index (χ1v) is 17.4. The second-order valence-electron chi connectivity index (χ2n) is 0.798. The Kier molecular flexibility index (Phi) is 17.8. The van der Waals surface area contributed by atoms with Gasteiger partial charge in [0.25, 0.3) is 0 Å². The first-order valence-electron chi connectivity index (χ1n) is 2.12. The molecule has 0 aromatic rings. The van der Waals surface area contributed by atoms with Crippen LogP contribution in [0.4, 0.5) is 0 Å². The minimum atomic E-state index is 1.37. The van der Waals surface area contributed by atoms with Crippen LogP contribution in [0.1, 0.15) is 0 Å². The Morgan fingerprint density at radius 3 is 1.38 bits per heavy atom. The van der Waals surface area contributed by atoms with Gasteiger partial charge in [0.1, 0.15) is 0 Å². The quantitative estimate of drug-likeness (QED) is 0.489. The summed E-state index contributed by atoms with van der Waals surface area (Å²) in [5.41, 5.74) is 0. The van der Waals surface area contributed by atoms with Crippen molar-refractivity contribution in [1.82, 2.24) is 0 Å². The molecular weight excluding hydrogens is 396 g/mol. The van der Waals surface area contributed by atoms with Gasteiger partial charge >= 0.3 is 116 Å². The molecule has 0 bridgehead atoms. The Bertz CT molecular complexity index is 516. The summed E-state index contributed by atoms with van der Waals surface area (Å²) in [5.74, 6) is 0. The van der Waals surface area contributed by atoms with Crippen molar-refractivity contribution in [3.05, 3.63) is 0 Å². The third-order valence-electron chi connectivity index (χ3n) is 0.298. The molecule has 0 aromatic heterocycles.